The summed E-state index contributed by atoms with van der Waals surface area (Å²) in [6.45, 7) is 4.60. The van der Waals surface area contributed by atoms with Crippen LogP contribution in [0.5, 0.6) is 0 Å². The van der Waals surface area contributed by atoms with E-state index >= 15 is 0 Å². The topological polar surface area (TPSA) is 72.9 Å². The zero-order valence-electron chi connectivity index (χ0n) is 15.4. The van der Waals surface area contributed by atoms with Crippen molar-refractivity contribution in [2.45, 2.75) is 52.0 Å². The van der Waals surface area contributed by atoms with Crippen molar-refractivity contribution < 1.29 is 9.18 Å². The van der Waals surface area contributed by atoms with Crippen LogP contribution in [0.3, 0.4) is 0 Å². The number of benzene rings is 1. The highest BCUT2D eigenvalue weighted by molar-refractivity contribution is 5.85. The zero-order valence-corrected chi connectivity index (χ0v) is 16.2. The molecule has 1 aromatic heterocycles. The molecule has 3 N–H and O–H groups in total. The molecule has 144 valence electrons. The van der Waals surface area contributed by atoms with Gasteiger partial charge in [-0.3, -0.25) is 4.79 Å². The summed E-state index contributed by atoms with van der Waals surface area (Å²) in [5.74, 6) is -0.227. The lowest BCUT2D eigenvalue weighted by Crippen LogP contribution is -2.26. The smallest absolute Gasteiger partial charge is 0.220 e. The number of carbonyl (C=O) groups is 1. The largest absolute Gasteiger partial charge is 0.349 e. The van der Waals surface area contributed by atoms with Crippen molar-refractivity contribution in [1.29, 1.82) is 0 Å². The first-order chi connectivity index (χ1) is 12.0. The summed E-state index contributed by atoms with van der Waals surface area (Å²) in [7, 11) is 0. The molecule has 7 heteroatoms. The van der Waals surface area contributed by atoms with Gasteiger partial charge in [0.15, 0.2) is 0 Å². The maximum absolute atomic E-state index is 13.1. The van der Waals surface area contributed by atoms with Crippen LogP contribution in [0.25, 0.3) is 5.69 Å². The second-order valence-electron chi connectivity index (χ2n) is 6.32. The van der Waals surface area contributed by atoms with Crippen LogP contribution in [-0.4, -0.2) is 22.2 Å². The Morgan fingerprint density at radius 1 is 1.23 bits per heavy atom. The van der Waals surface area contributed by atoms with Crippen molar-refractivity contribution in [3.05, 3.63) is 47.5 Å². The number of unbranched alkanes of at least 4 members (excludes halogenated alkanes) is 3. The van der Waals surface area contributed by atoms with E-state index in [2.05, 4.69) is 10.4 Å². The quantitative estimate of drug-likeness (QED) is 0.647. The van der Waals surface area contributed by atoms with Gasteiger partial charge in [-0.15, -0.1) is 12.4 Å². The van der Waals surface area contributed by atoms with Crippen LogP contribution in [0.15, 0.2) is 30.5 Å². The van der Waals surface area contributed by atoms with E-state index in [9.17, 15) is 9.18 Å². The Kier molecular flexibility index (Phi) is 9.30. The lowest BCUT2D eigenvalue weighted by Gasteiger charge is -2.14. The Morgan fingerprint density at radius 3 is 2.54 bits per heavy atom. The van der Waals surface area contributed by atoms with Gasteiger partial charge in [-0.1, -0.05) is 12.8 Å². The number of rotatable bonds is 9. The number of nitrogens with two attached hydrogens (primary N) is 1. The highest BCUT2D eigenvalue weighted by Gasteiger charge is 2.16. The molecular weight excluding hydrogens is 355 g/mol. The molecule has 5 nitrogen and oxygen atoms in total. The lowest BCUT2D eigenvalue weighted by atomic mass is 10.1. The first kappa shape index (κ1) is 22.1. The zero-order chi connectivity index (χ0) is 18.2. The van der Waals surface area contributed by atoms with Gasteiger partial charge in [0.25, 0.3) is 0 Å². The third-order valence-corrected chi connectivity index (χ3v) is 4.32. The minimum atomic E-state index is -0.277. The molecule has 2 aromatic rings. The van der Waals surface area contributed by atoms with Gasteiger partial charge >= 0.3 is 0 Å². The molecule has 0 fully saturated rings. The molecule has 1 aromatic carbocycles. The van der Waals surface area contributed by atoms with Gasteiger partial charge in [-0.05, 0) is 57.5 Å². The molecule has 0 saturated heterocycles. The number of nitrogens with one attached hydrogen (secondary N) is 1. The van der Waals surface area contributed by atoms with E-state index in [0.29, 0.717) is 13.0 Å². The fraction of sp³-hybridized carbons (Fsp3) is 0.474. The van der Waals surface area contributed by atoms with Crippen LogP contribution in [0, 0.1) is 12.7 Å². The molecule has 1 unspecified atom stereocenters. The monoisotopic (exact) mass is 382 g/mol. The molecule has 0 aliphatic rings. The average molecular weight is 383 g/mol. The molecule has 0 aliphatic carbocycles. The van der Waals surface area contributed by atoms with Gasteiger partial charge < -0.3 is 11.1 Å². The predicted molar refractivity (Wildman–Crippen MR) is 104 cm³/mol. The van der Waals surface area contributed by atoms with E-state index in [0.717, 1.165) is 42.6 Å². The Balaban J connectivity index is 0.00000338. The summed E-state index contributed by atoms with van der Waals surface area (Å²) in [5, 5.41) is 7.40. The van der Waals surface area contributed by atoms with Crippen LogP contribution in [0.1, 0.15) is 56.3 Å². The standard InChI is InChI=1S/C19H27FN4O.ClH/c1-14(23-19(25)7-5-3-4-6-12-21)18-13-22-24(15(18)2)17-10-8-16(20)9-11-17;/h8-11,13-14H,3-7,12,21H2,1-2H3,(H,23,25);1H. The molecule has 26 heavy (non-hydrogen) atoms. The minimum absolute atomic E-state index is 0. The number of hydrogen-bond acceptors (Lipinski definition) is 3. The lowest BCUT2D eigenvalue weighted by molar-refractivity contribution is -0.121. The van der Waals surface area contributed by atoms with Crippen LogP contribution < -0.4 is 11.1 Å². The molecule has 0 aliphatic heterocycles. The van der Waals surface area contributed by atoms with Gasteiger partial charge in [0.2, 0.25) is 5.91 Å². The van der Waals surface area contributed by atoms with Crippen molar-refractivity contribution in [3.8, 4) is 5.69 Å². The van der Waals surface area contributed by atoms with Crippen molar-refractivity contribution in [2.24, 2.45) is 5.73 Å². The summed E-state index contributed by atoms with van der Waals surface area (Å²) in [5.41, 5.74) is 8.15. The highest BCUT2D eigenvalue weighted by Crippen LogP contribution is 2.20. The molecule has 1 atom stereocenters. The van der Waals surface area contributed by atoms with Gasteiger partial charge in [0, 0.05) is 17.7 Å². The van der Waals surface area contributed by atoms with E-state index in [1.54, 1.807) is 23.0 Å². The molecule has 1 amide bonds. The van der Waals surface area contributed by atoms with E-state index in [1.807, 2.05) is 13.8 Å². The van der Waals surface area contributed by atoms with Crippen LogP contribution in [0.2, 0.25) is 0 Å². The second kappa shape index (κ2) is 10.9. The van der Waals surface area contributed by atoms with Crippen molar-refractivity contribution in [2.75, 3.05) is 6.54 Å². The van der Waals surface area contributed by atoms with E-state index in [1.165, 1.54) is 12.1 Å². The Morgan fingerprint density at radius 2 is 1.88 bits per heavy atom. The molecule has 0 spiro atoms. The predicted octanol–water partition coefficient (Wildman–Crippen LogP) is 3.83. The fourth-order valence-corrected chi connectivity index (χ4v) is 2.86. The van der Waals surface area contributed by atoms with E-state index in [-0.39, 0.29) is 30.2 Å². The summed E-state index contributed by atoms with van der Waals surface area (Å²) in [6, 6.07) is 6.07. The average Bonchev–Trinajstić information content (AvgIpc) is 2.97. The number of halogens is 2. The Hall–Kier alpha value is -1.92. The van der Waals surface area contributed by atoms with Gasteiger partial charge in [0.1, 0.15) is 5.82 Å². The normalized spacial score (nSPS) is 11.7. The maximum atomic E-state index is 13.1. The minimum Gasteiger partial charge on any atom is -0.349 e. The van der Waals surface area contributed by atoms with Crippen LogP contribution in [-0.2, 0) is 4.79 Å². The fourth-order valence-electron chi connectivity index (χ4n) is 2.86. The first-order valence-corrected chi connectivity index (χ1v) is 8.83. The van der Waals surface area contributed by atoms with E-state index in [4.69, 9.17) is 5.73 Å². The maximum Gasteiger partial charge on any atom is 0.220 e. The van der Waals surface area contributed by atoms with Crippen molar-refractivity contribution >= 4 is 18.3 Å². The van der Waals surface area contributed by atoms with E-state index < -0.39 is 0 Å². The molecular formula is C19H28ClFN4O. The highest BCUT2D eigenvalue weighted by atomic mass is 35.5. The van der Waals surface area contributed by atoms with Gasteiger partial charge in [-0.2, -0.15) is 5.10 Å². The number of hydrogen-bond donors (Lipinski definition) is 2. The number of nitrogens with zero attached hydrogens (tertiary/aromatic N) is 2. The van der Waals surface area contributed by atoms with Gasteiger partial charge in [-0.25, -0.2) is 9.07 Å². The third-order valence-electron chi connectivity index (χ3n) is 4.32. The third kappa shape index (κ3) is 6.11. The second-order valence-corrected chi connectivity index (χ2v) is 6.32. The Bertz CT molecular complexity index is 687. The van der Waals surface area contributed by atoms with Crippen molar-refractivity contribution in [3.63, 3.8) is 0 Å². The van der Waals surface area contributed by atoms with Gasteiger partial charge in [0.05, 0.1) is 17.9 Å². The molecule has 2 rings (SSSR count). The summed E-state index contributed by atoms with van der Waals surface area (Å²) >= 11 is 0. The first-order valence-electron chi connectivity index (χ1n) is 8.83. The summed E-state index contributed by atoms with van der Waals surface area (Å²) in [6.07, 6.45) is 6.28. The van der Waals surface area contributed by atoms with Crippen molar-refractivity contribution in [1.82, 2.24) is 15.1 Å². The molecule has 0 radical (unpaired) electrons. The molecule has 0 bridgehead atoms. The van der Waals surface area contributed by atoms with Crippen LogP contribution >= 0.6 is 12.4 Å². The summed E-state index contributed by atoms with van der Waals surface area (Å²) < 4.78 is 14.8. The molecule has 1 heterocycles. The SMILES string of the molecule is Cc1c(C(C)NC(=O)CCCCCCN)cnn1-c1ccc(F)cc1.Cl. The number of aromatic nitrogens is 2. The number of amides is 1. The summed E-state index contributed by atoms with van der Waals surface area (Å²) in [4.78, 5) is 12.1. The number of carbonyl (C=O) groups excluding carboxylic acids is 1. The Labute approximate surface area is 160 Å². The van der Waals surface area contributed by atoms with Crippen LogP contribution in [0.4, 0.5) is 4.39 Å². The molecule has 0 saturated carbocycles.